The number of aliphatic hydroxyl groups is 1. The number of nitrogens with zero attached hydrogens (tertiary/aromatic N) is 3. The van der Waals surface area contributed by atoms with E-state index in [9.17, 15) is 24.8 Å². The van der Waals surface area contributed by atoms with Crippen molar-refractivity contribution in [3.63, 3.8) is 0 Å². The van der Waals surface area contributed by atoms with Gasteiger partial charge in [0.15, 0.2) is 5.13 Å². The highest BCUT2D eigenvalue weighted by Crippen LogP contribution is 2.44. The maximum Gasteiger partial charge on any atom is 0.301 e. The molecule has 10 heteroatoms. The summed E-state index contributed by atoms with van der Waals surface area (Å²) in [5, 5.41) is 22.7. The Morgan fingerprint density at radius 1 is 1.11 bits per heavy atom. The first-order chi connectivity index (χ1) is 17.8. The lowest BCUT2D eigenvalue weighted by atomic mass is 9.95. The molecule has 1 atom stereocenters. The molecule has 4 aromatic rings. The van der Waals surface area contributed by atoms with E-state index in [2.05, 4.69) is 4.98 Å². The third kappa shape index (κ3) is 4.31. The van der Waals surface area contributed by atoms with E-state index in [1.807, 2.05) is 32.0 Å². The third-order valence-corrected chi connectivity index (χ3v) is 7.06. The zero-order valence-corrected chi connectivity index (χ0v) is 20.7. The van der Waals surface area contributed by atoms with Crippen LogP contribution in [0.5, 0.6) is 5.75 Å². The Morgan fingerprint density at radius 2 is 1.81 bits per heavy atom. The molecule has 1 fully saturated rings. The largest absolute Gasteiger partial charge is 0.507 e. The maximum absolute atomic E-state index is 13.4. The number of nitro benzene ring substituents is 1. The second-order valence-electron chi connectivity index (χ2n) is 8.44. The Labute approximate surface area is 215 Å². The number of carbonyl (C=O) groups excluding carboxylic acids is 2. The first-order valence-corrected chi connectivity index (χ1v) is 12.3. The predicted octanol–water partition coefficient (Wildman–Crippen LogP) is 5.54. The first kappa shape index (κ1) is 24.1. The summed E-state index contributed by atoms with van der Waals surface area (Å²) in [6.07, 6.45) is 0. The number of aromatic nitrogens is 1. The molecule has 5 rings (SSSR count). The van der Waals surface area contributed by atoms with Gasteiger partial charge in [-0.2, -0.15) is 0 Å². The quantitative estimate of drug-likeness (QED) is 0.118. The third-order valence-electron chi connectivity index (χ3n) is 6.04. The van der Waals surface area contributed by atoms with Crippen LogP contribution in [-0.4, -0.2) is 33.3 Å². The molecule has 9 nitrogen and oxygen atoms in total. The molecule has 1 aromatic heterocycles. The normalized spacial score (nSPS) is 16.9. The number of ketones is 1. The monoisotopic (exact) mass is 515 g/mol. The second kappa shape index (κ2) is 9.47. The number of aryl methyl sites for hydroxylation is 1. The standard InChI is InChI=1S/C27H21N3O6S/c1-3-36-19-11-7-17(8-12-19)24(31)22-23(16-5-9-18(10-6-16)30(34)35)29(26(33)25(22)32)27-28-20-13-4-15(2)14-21(20)37-27/h4-14,23,31H,3H2,1-2H3/b24-22+. The van der Waals surface area contributed by atoms with E-state index >= 15 is 0 Å². The minimum atomic E-state index is -1.03. The van der Waals surface area contributed by atoms with Gasteiger partial charge < -0.3 is 9.84 Å². The molecule has 1 N–H and O–H groups in total. The number of benzene rings is 3. The molecule has 0 saturated carbocycles. The smallest absolute Gasteiger partial charge is 0.301 e. The van der Waals surface area contributed by atoms with E-state index in [1.54, 1.807) is 24.3 Å². The van der Waals surface area contributed by atoms with Crippen molar-refractivity contribution in [1.82, 2.24) is 4.98 Å². The average molecular weight is 516 g/mol. The molecule has 37 heavy (non-hydrogen) atoms. The van der Waals surface area contributed by atoms with Gasteiger partial charge in [0.25, 0.3) is 11.5 Å². The number of thiazole rings is 1. The number of anilines is 1. The molecule has 0 aliphatic carbocycles. The van der Waals surface area contributed by atoms with Gasteiger partial charge in [-0.1, -0.05) is 17.4 Å². The maximum atomic E-state index is 13.4. The van der Waals surface area contributed by atoms with Crippen molar-refractivity contribution in [2.24, 2.45) is 0 Å². The summed E-state index contributed by atoms with van der Waals surface area (Å²) in [4.78, 5) is 43.2. The molecular formula is C27H21N3O6S. The summed E-state index contributed by atoms with van der Waals surface area (Å²) in [6.45, 7) is 4.26. The van der Waals surface area contributed by atoms with Gasteiger partial charge in [0.2, 0.25) is 0 Å². The number of carbonyl (C=O) groups is 2. The van der Waals surface area contributed by atoms with Crippen LogP contribution in [0.2, 0.25) is 0 Å². The topological polar surface area (TPSA) is 123 Å². The number of fused-ring (bicyclic) bond motifs is 1. The molecule has 3 aromatic carbocycles. The lowest BCUT2D eigenvalue weighted by molar-refractivity contribution is -0.384. The Balaban J connectivity index is 1.68. The lowest BCUT2D eigenvalue weighted by Crippen LogP contribution is -2.29. The predicted molar refractivity (Wildman–Crippen MR) is 140 cm³/mol. The first-order valence-electron chi connectivity index (χ1n) is 11.4. The molecule has 1 aliphatic heterocycles. The van der Waals surface area contributed by atoms with Gasteiger partial charge >= 0.3 is 5.91 Å². The van der Waals surface area contributed by atoms with Crippen molar-refractivity contribution in [1.29, 1.82) is 0 Å². The van der Waals surface area contributed by atoms with Crippen LogP contribution in [0.1, 0.15) is 29.7 Å². The van der Waals surface area contributed by atoms with Gasteiger partial charge in [-0.3, -0.25) is 24.6 Å². The minimum absolute atomic E-state index is 0.126. The van der Waals surface area contributed by atoms with Crippen LogP contribution in [0.3, 0.4) is 0 Å². The van der Waals surface area contributed by atoms with Crippen LogP contribution in [-0.2, 0) is 9.59 Å². The average Bonchev–Trinajstić information content (AvgIpc) is 3.42. The lowest BCUT2D eigenvalue weighted by Gasteiger charge is -2.22. The van der Waals surface area contributed by atoms with Crippen LogP contribution in [0, 0.1) is 17.0 Å². The number of Topliss-reactive ketones (excluding diaryl/α,β-unsaturated/α-hetero) is 1. The number of non-ortho nitro benzene ring substituents is 1. The summed E-state index contributed by atoms with van der Waals surface area (Å²) < 4.78 is 6.29. The molecule has 1 unspecified atom stereocenters. The van der Waals surface area contributed by atoms with E-state index in [4.69, 9.17) is 4.74 Å². The molecule has 1 aliphatic rings. The fourth-order valence-corrected chi connectivity index (χ4v) is 5.37. The summed E-state index contributed by atoms with van der Waals surface area (Å²) in [5.41, 5.74) is 2.18. The molecule has 0 bridgehead atoms. The molecule has 186 valence electrons. The van der Waals surface area contributed by atoms with E-state index in [1.165, 1.54) is 40.5 Å². The molecule has 0 radical (unpaired) electrons. The van der Waals surface area contributed by atoms with Gasteiger partial charge in [-0.05, 0) is 73.5 Å². The van der Waals surface area contributed by atoms with Crippen molar-refractivity contribution < 1.29 is 24.4 Å². The number of nitro groups is 1. The molecule has 2 heterocycles. The van der Waals surface area contributed by atoms with Gasteiger partial charge in [0.05, 0.1) is 33.4 Å². The Kier molecular flexibility index (Phi) is 6.18. The van der Waals surface area contributed by atoms with Crippen LogP contribution >= 0.6 is 11.3 Å². The van der Waals surface area contributed by atoms with Gasteiger partial charge in [0, 0.05) is 17.7 Å². The summed E-state index contributed by atoms with van der Waals surface area (Å²) in [7, 11) is 0. The Morgan fingerprint density at radius 3 is 2.46 bits per heavy atom. The fraction of sp³-hybridized carbons (Fsp3) is 0.148. The highest BCUT2D eigenvalue weighted by molar-refractivity contribution is 7.22. The van der Waals surface area contributed by atoms with Crippen molar-refractivity contribution in [2.75, 3.05) is 11.5 Å². The van der Waals surface area contributed by atoms with Crippen molar-refractivity contribution in [3.05, 3.63) is 99.1 Å². The number of hydrogen-bond acceptors (Lipinski definition) is 8. The number of aliphatic hydroxyl groups excluding tert-OH is 1. The zero-order chi connectivity index (χ0) is 26.3. The number of hydrogen-bond donors (Lipinski definition) is 1. The highest BCUT2D eigenvalue weighted by Gasteiger charge is 2.48. The van der Waals surface area contributed by atoms with E-state index in [0.29, 0.717) is 29.0 Å². The zero-order valence-electron chi connectivity index (χ0n) is 19.9. The van der Waals surface area contributed by atoms with Crippen LogP contribution < -0.4 is 9.64 Å². The van der Waals surface area contributed by atoms with Gasteiger partial charge in [-0.25, -0.2) is 4.98 Å². The molecular weight excluding hydrogens is 494 g/mol. The van der Waals surface area contributed by atoms with Crippen LogP contribution in [0.4, 0.5) is 10.8 Å². The SMILES string of the molecule is CCOc1ccc(/C(O)=C2\C(=O)C(=O)N(c3nc4ccc(C)cc4s3)C2c2ccc([N+](=O)[O-])cc2)cc1. The minimum Gasteiger partial charge on any atom is -0.507 e. The Bertz CT molecular complexity index is 1570. The van der Waals surface area contributed by atoms with E-state index in [-0.39, 0.29) is 22.2 Å². The van der Waals surface area contributed by atoms with Gasteiger partial charge in [0.1, 0.15) is 11.5 Å². The van der Waals surface area contributed by atoms with Gasteiger partial charge in [-0.15, -0.1) is 0 Å². The number of rotatable bonds is 6. The molecule has 1 saturated heterocycles. The molecule has 0 spiro atoms. The summed E-state index contributed by atoms with van der Waals surface area (Å²) in [5.74, 6) is -1.47. The summed E-state index contributed by atoms with van der Waals surface area (Å²) >= 11 is 1.25. The fourth-order valence-electron chi connectivity index (χ4n) is 4.28. The molecule has 1 amide bonds. The number of amides is 1. The van der Waals surface area contributed by atoms with Crippen molar-refractivity contribution in [3.8, 4) is 5.75 Å². The van der Waals surface area contributed by atoms with Crippen LogP contribution in [0.25, 0.3) is 16.0 Å². The van der Waals surface area contributed by atoms with E-state index < -0.39 is 22.7 Å². The Hall–Kier alpha value is -4.57. The van der Waals surface area contributed by atoms with E-state index in [0.717, 1.165) is 10.3 Å². The second-order valence-corrected chi connectivity index (χ2v) is 9.45. The van der Waals surface area contributed by atoms with Crippen molar-refractivity contribution >= 4 is 49.8 Å². The highest BCUT2D eigenvalue weighted by atomic mass is 32.1. The summed E-state index contributed by atoms with van der Waals surface area (Å²) in [6, 6.07) is 16.7. The van der Waals surface area contributed by atoms with Crippen LogP contribution in [0.15, 0.2) is 72.3 Å². The van der Waals surface area contributed by atoms with Crippen molar-refractivity contribution in [2.45, 2.75) is 19.9 Å². The number of ether oxygens (including phenoxy) is 1.